The molecule has 17 heavy (non-hydrogen) atoms. The summed E-state index contributed by atoms with van der Waals surface area (Å²) in [5.74, 6) is -0.243. The van der Waals surface area contributed by atoms with Crippen molar-refractivity contribution in [3.8, 4) is 11.1 Å². The molecule has 0 heterocycles. The summed E-state index contributed by atoms with van der Waals surface area (Å²) in [5, 5.41) is 0. The minimum Gasteiger partial charge on any atom is -0.324 e. The Kier molecular flexibility index (Phi) is 3.60. The molecular weight excluding hydrogens is 281 g/mol. The Morgan fingerprint density at radius 2 is 1.76 bits per heavy atom. The van der Waals surface area contributed by atoms with Crippen molar-refractivity contribution in [3.05, 3.63) is 58.3 Å². The largest absolute Gasteiger partial charge is 0.324 e. The van der Waals surface area contributed by atoms with E-state index in [-0.39, 0.29) is 11.9 Å². The van der Waals surface area contributed by atoms with Crippen molar-refractivity contribution in [1.82, 2.24) is 0 Å². The van der Waals surface area contributed by atoms with Crippen molar-refractivity contribution in [3.63, 3.8) is 0 Å². The number of hydrogen-bond donors (Lipinski definition) is 1. The molecule has 3 heteroatoms. The molecule has 2 N–H and O–H groups in total. The van der Waals surface area contributed by atoms with Crippen LogP contribution in [0.5, 0.6) is 0 Å². The summed E-state index contributed by atoms with van der Waals surface area (Å²) in [4.78, 5) is 0. The maximum atomic E-state index is 13.3. The minimum absolute atomic E-state index is 0.116. The van der Waals surface area contributed by atoms with E-state index in [2.05, 4.69) is 15.9 Å². The highest BCUT2D eigenvalue weighted by Crippen LogP contribution is 2.29. The van der Waals surface area contributed by atoms with E-state index in [1.807, 2.05) is 31.2 Å². The highest BCUT2D eigenvalue weighted by molar-refractivity contribution is 9.10. The van der Waals surface area contributed by atoms with Gasteiger partial charge in [0.2, 0.25) is 0 Å². The van der Waals surface area contributed by atoms with Crippen molar-refractivity contribution in [2.24, 2.45) is 5.73 Å². The molecule has 0 saturated carbocycles. The Balaban J connectivity index is 2.56. The molecule has 0 aliphatic rings. The Hall–Kier alpha value is -1.19. The van der Waals surface area contributed by atoms with Crippen LogP contribution in [0.2, 0.25) is 0 Å². The number of nitrogens with two attached hydrogens (primary N) is 1. The van der Waals surface area contributed by atoms with Gasteiger partial charge in [-0.1, -0.05) is 34.1 Å². The topological polar surface area (TPSA) is 26.0 Å². The number of halogens is 2. The second kappa shape index (κ2) is 4.98. The average molecular weight is 294 g/mol. The van der Waals surface area contributed by atoms with Gasteiger partial charge >= 0.3 is 0 Å². The first-order chi connectivity index (χ1) is 8.08. The van der Waals surface area contributed by atoms with Gasteiger partial charge in [0.05, 0.1) is 0 Å². The summed E-state index contributed by atoms with van der Waals surface area (Å²) in [5.41, 5.74) is 8.68. The van der Waals surface area contributed by atoms with Gasteiger partial charge in [0.1, 0.15) is 5.82 Å². The number of rotatable bonds is 2. The Bertz CT molecular complexity index is 520. The normalized spacial score (nSPS) is 12.5. The summed E-state index contributed by atoms with van der Waals surface area (Å²) < 4.78 is 14.3. The summed E-state index contributed by atoms with van der Waals surface area (Å²) in [6.45, 7) is 1.90. The van der Waals surface area contributed by atoms with Crippen LogP contribution in [0.4, 0.5) is 4.39 Å². The maximum Gasteiger partial charge on any atom is 0.123 e. The van der Waals surface area contributed by atoms with Gasteiger partial charge in [-0.05, 0) is 47.9 Å². The predicted octanol–water partition coefficient (Wildman–Crippen LogP) is 4.27. The Morgan fingerprint density at radius 1 is 1.12 bits per heavy atom. The monoisotopic (exact) mass is 293 g/mol. The van der Waals surface area contributed by atoms with Gasteiger partial charge in [-0.3, -0.25) is 0 Å². The first-order valence-corrected chi connectivity index (χ1v) is 6.18. The minimum atomic E-state index is -0.243. The van der Waals surface area contributed by atoms with Gasteiger partial charge in [-0.25, -0.2) is 4.39 Å². The van der Waals surface area contributed by atoms with E-state index in [9.17, 15) is 4.39 Å². The molecule has 2 rings (SSSR count). The van der Waals surface area contributed by atoms with E-state index in [1.54, 1.807) is 6.07 Å². The molecule has 1 atom stereocenters. The SMILES string of the molecule is CC(N)c1ccc(F)cc1-c1ccc(Br)cc1. The van der Waals surface area contributed by atoms with Crippen LogP contribution < -0.4 is 5.73 Å². The molecule has 88 valence electrons. The summed E-state index contributed by atoms with van der Waals surface area (Å²) in [6, 6.07) is 12.4. The highest BCUT2D eigenvalue weighted by atomic mass is 79.9. The molecule has 0 fully saturated rings. The average Bonchev–Trinajstić information content (AvgIpc) is 2.29. The zero-order valence-corrected chi connectivity index (χ0v) is 11.0. The lowest BCUT2D eigenvalue weighted by Gasteiger charge is -2.13. The fraction of sp³-hybridized carbons (Fsp3) is 0.143. The van der Waals surface area contributed by atoms with Crippen molar-refractivity contribution in [1.29, 1.82) is 0 Å². The maximum absolute atomic E-state index is 13.3. The molecule has 0 bridgehead atoms. The summed E-state index contributed by atoms with van der Waals surface area (Å²) in [6.07, 6.45) is 0. The van der Waals surface area contributed by atoms with Crippen LogP contribution in [0.3, 0.4) is 0 Å². The van der Waals surface area contributed by atoms with E-state index in [0.29, 0.717) is 0 Å². The molecule has 2 aromatic carbocycles. The van der Waals surface area contributed by atoms with Crippen LogP contribution in [0.25, 0.3) is 11.1 Å². The summed E-state index contributed by atoms with van der Waals surface area (Å²) >= 11 is 3.38. The van der Waals surface area contributed by atoms with Crippen molar-refractivity contribution in [2.45, 2.75) is 13.0 Å². The molecule has 2 aromatic rings. The van der Waals surface area contributed by atoms with Gasteiger partial charge in [-0.15, -0.1) is 0 Å². The van der Waals surface area contributed by atoms with Crippen molar-refractivity contribution in [2.75, 3.05) is 0 Å². The molecule has 0 aliphatic carbocycles. The number of hydrogen-bond acceptors (Lipinski definition) is 1. The van der Waals surface area contributed by atoms with Gasteiger partial charge in [0, 0.05) is 10.5 Å². The third-order valence-corrected chi connectivity index (χ3v) is 3.19. The molecular formula is C14H13BrFN. The van der Waals surface area contributed by atoms with E-state index in [4.69, 9.17) is 5.73 Å². The Morgan fingerprint density at radius 3 is 2.35 bits per heavy atom. The standard InChI is InChI=1S/C14H13BrFN/c1-9(17)13-7-6-12(16)8-14(13)10-2-4-11(15)5-3-10/h2-9H,17H2,1H3. The van der Waals surface area contributed by atoms with Gasteiger partial charge in [0.25, 0.3) is 0 Å². The molecule has 1 unspecified atom stereocenters. The smallest absolute Gasteiger partial charge is 0.123 e. The molecule has 0 saturated heterocycles. The molecule has 0 aliphatic heterocycles. The lowest BCUT2D eigenvalue weighted by atomic mass is 9.96. The lowest BCUT2D eigenvalue weighted by Crippen LogP contribution is -2.06. The third kappa shape index (κ3) is 2.73. The fourth-order valence-corrected chi connectivity index (χ4v) is 2.07. The Labute approximate surface area is 109 Å². The molecule has 0 radical (unpaired) electrons. The molecule has 0 aromatic heterocycles. The first-order valence-electron chi connectivity index (χ1n) is 5.39. The van der Waals surface area contributed by atoms with E-state index >= 15 is 0 Å². The summed E-state index contributed by atoms with van der Waals surface area (Å²) in [7, 11) is 0. The number of benzene rings is 2. The second-order valence-corrected chi connectivity index (χ2v) is 4.94. The van der Waals surface area contributed by atoms with Crippen molar-refractivity contribution >= 4 is 15.9 Å². The highest BCUT2D eigenvalue weighted by Gasteiger charge is 2.09. The van der Waals surface area contributed by atoms with Crippen molar-refractivity contribution < 1.29 is 4.39 Å². The van der Waals surface area contributed by atoms with Gasteiger partial charge in [0.15, 0.2) is 0 Å². The van der Waals surface area contributed by atoms with Crippen LogP contribution in [-0.2, 0) is 0 Å². The van der Waals surface area contributed by atoms with E-state index in [0.717, 1.165) is 21.2 Å². The van der Waals surface area contributed by atoms with Gasteiger partial charge in [-0.2, -0.15) is 0 Å². The first kappa shape index (κ1) is 12.3. The van der Waals surface area contributed by atoms with Crippen LogP contribution in [0.1, 0.15) is 18.5 Å². The van der Waals surface area contributed by atoms with Crippen LogP contribution in [0, 0.1) is 5.82 Å². The lowest BCUT2D eigenvalue weighted by molar-refractivity contribution is 0.626. The zero-order valence-electron chi connectivity index (χ0n) is 9.45. The quantitative estimate of drug-likeness (QED) is 0.879. The van der Waals surface area contributed by atoms with Crippen LogP contribution >= 0.6 is 15.9 Å². The second-order valence-electron chi connectivity index (χ2n) is 4.03. The van der Waals surface area contributed by atoms with Gasteiger partial charge < -0.3 is 5.73 Å². The predicted molar refractivity (Wildman–Crippen MR) is 72.1 cm³/mol. The molecule has 1 nitrogen and oxygen atoms in total. The van der Waals surface area contributed by atoms with E-state index in [1.165, 1.54) is 12.1 Å². The molecule has 0 amide bonds. The van der Waals surface area contributed by atoms with Crippen LogP contribution in [-0.4, -0.2) is 0 Å². The third-order valence-electron chi connectivity index (χ3n) is 2.66. The van der Waals surface area contributed by atoms with Crippen LogP contribution in [0.15, 0.2) is 46.9 Å². The zero-order chi connectivity index (χ0) is 12.4. The van der Waals surface area contributed by atoms with E-state index < -0.39 is 0 Å². The fourth-order valence-electron chi connectivity index (χ4n) is 1.81. The molecule has 0 spiro atoms.